The summed E-state index contributed by atoms with van der Waals surface area (Å²) in [5, 5.41) is 20.4. The minimum Gasteiger partial charge on any atom is -0.502 e. The first-order valence-corrected chi connectivity index (χ1v) is 7.81. The summed E-state index contributed by atoms with van der Waals surface area (Å²) in [6.45, 7) is 0.423. The van der Waals surface area contributed by atoms with Gasteiger partial charge < -0.3 is 19.5 Å². The van der Waals surface area contributed by atoms with Crippen molar-refractivity contribution in [3.8, 4) is 17.2 Å². The lowest BCUT2D eigenvalue weighted by Crippen LogP contribution is -2.28. The van der Waals surface area contributed by atoms with Crippen LogP contribution < -0.4 is 9.47 Å². The molecular weight excluding hydrogens is 340 g/mol. The van der Waals surface area contributed by atoms with Gasteiger partial charge in [-0.05, 0) is 36.2 Å². The Morgan fingerprint density at radius 3 is 2.42 bits per heavy atom. The Bertz CT molecular complexity index is 821. The summed E-state index contributed by atoms with van der Waals surface area (Å²) in [6.07, 6.45) is 0.585. The molecule has 0 saturated heterocycles. The van der Waals surface area contributed by atoms with Gasteiger partial charge in [-0.1, -0.05) is 6.07 Å². The first kappa shape index (κ1) is 19.0. The van der Waals surface area contributed by atoms with E-state index in [1.54, 1.807) is 27.3 Å². The molecule has 0 aromatic heterocycles. The third-order valence-corrected chi connectivity index (χ3v) is 3.95. The van der Waals surface area contributed by atoms with E-state index in [1.807, 2.05) is 12.1 Å². The quantitative estimate of drug-likeness (QED) is 0.601. The zero-order chi connectivity index (χ0) is 19.3. The van der Waals surface area contributed by atoms with Crippen LogP contribution in [0, 0.1) is 10.1 Å². The van der Waals surface area contributed by atoms with Crippen LogP contribution in [-0.2, 0) is 6.42 Å². The topological polar surface area (TPSA) is 102 Å². The van der Waals surface area contributed by atoms with Crippen molar-refractivity contribution in [2.24, 2.45) is 0 Å². The Labute approximate surface area is 150 Å². The minimum atomic E-state index is -0.704. The van der Waals surface area contributed by atoms with E-state index in [0.717, 1.165) is 17.7 Å². The predicted molar refractivity (Wildman–Crippen MR) is 95.0 cm³/mol. The second-order valence-electron chi connectivity index (χ2n) is 5.63. The van der Waals surface area contributed by atoms with Crippen LogP contribution in [0.4, 0.5) is 5.69 Å². The van der Waals surface area contributed by atoms with E-state index in [1.165, 1.54) is 11.0 Å². The lowest BCUT2D eigenvalue weighted by Gasteiger charge is -2.18. The van der Waals surface area contributed by atoms with Gasteiger partial charge in [-0.3, -0.25) is 14.9 Å². The number of phenolic OH excluding ortho intramolecular Hbond substituents is 1. The number of rotatable bonds is 7. The molecule has 1 amide bonds. The number of aromatic hydroxyl groups is 1. The zero-order valence-electron chi connectivity index (χ0n) is 14.8. The van der Waals surface area contributed by atoms with Gasteiger partial charge in [0.05, 0.1) is 19.1 Å². The van der Waals surface area contributed by atoms with Crippen LogP contribution in [0.2, 0.25) is 0 Å². The predicted octanol–water partition coefficient (Wildman–Crippen LogP) is 2.63. The van der Waals surface area contributed by atoms with Crippen LogP contribution in [-0.4, -0.2) is 48.6 Å². The van der Waals surface area contributed by atoms with Gasteiger partial charge in [0.1, 0.15) is 0 Å². The van der Waals surface area contributed by atoms with Crippen molar-refractivity contribution in [1.29, 1.82) is 0 Å². The third-order valence-electron chi connectivity index (χ3n) is 3.95. The Morgan fingerprint density at radius 1 is 1.15 bits per heavy atom. The molecule has 0 bridgehead atoms. The summed E-state index contributed by atoms with van der Waals surface area (Å²) >= 11 is 0. The van der Waals surface area contributed by atoms with Crippen molar-refractivity contribution in [1.82, 2.24) is 4.90 Å². The Kier molecular flexibility index (Phi) is 6.00. The van der Waals surface area contributed by atoms with Gasteiger partial charge in [-0.2, -0.15) is 0 Å². The van der Waals surface area contributed by atoms with Crippen LogP contribution in [0.3, 0.4) is 0 Å². The standard InChI is InChI=1S/C18H20N2O6/c1-19(9-8-12-4-7-16(25-2)17(10-12)26-3)18(22)13-5-6-14(20(23)24)15(21)11-13/h4-7,10-11,21H,8-9H2,1-3H3. The third kappa shape index (κ3) is 4.21. The van der Waals surface area contributed by atoms with Gasteiger partial charge >= 0.3 is 5.69 Å². The summed E-state index contributed by atoms with van der Waals surface area (Å²) in [4.78, 5) is 23.9. The summed E-state index contributed by atoms with van der Waals surface area (Å²) in [7, 11) is 4.74. The molecule has 2 rings (SSSR count). The number of phenols is 1. The highest BCUT2D eigenvalue weighted by atomic mass is 16.6. The van der Waals surface area contributed by atoms with E-state index in [4.69, 9.17) is 9.47 Å². The molecule has 0 heterocycles. The second kappa shape index (κ2) is 8.19. The summed E-state index contributed by atoms with van der Waals surface area (Å²) in [5.41, 5.74) is 0.714. The Morgan fingerprint density at radius 2 is 1.85 bits per heavy atom. The average Bonchev–Trinajstić information content (AvgIpc) is 2.64. The van der Waals surface area contributed by atoms with Crippen LogP contribution in [0.5, 0.6) is 17.2 Å². The Balaban J connectivity index is 2.05. The lowest BCUT2D eigenvalue weighted by molar-refractivity contribution is -0.385. The van der Waals surface area contributed by atoms with Crippen molar-refractivity contribution >= 4 is 11.6 Å². The zero-order valence-corrected chi connectivity index (χ0v) is 14.8. The van der Waals surface area contributed by atoms with E-state index in [9.17, 15) is 20.0 Å². The van der Waals surface area contributed by atoms with Crippen LogP contribution in [0.1, 0.15) is 15.9 Å². The number of benzene rings is 2. The van der Waals surface area contributed by atoms with E-state index in [0.29, 0.717) is 24.5 Å². The SMILES string of the molecule is COc1ccc(CCN(C)C(=O)c2ccc([N+](=O)[O-])c(O)c2)cc1OC. The van der Waals surface area contributed by atoms with Crippen molar-refractivity contribution < 1.29 is 24.3 Å². The average molecular weight is 360 g/mol. The number of nitro benzene ring substituents is 1. The molecule has 8 heteroatoms. The molecule has 0 radical (unpaired) electrons. The number of hydrogen-bond donors (Lipinski definition) is 1. The first-order valence-electron chi connectivity index (χ1n) is 7.81. The van der Waals surface area contributed by atoms with Crippen molar-refractivity contribution in [2.45, 2.75) is 6.42 Å². The number of hydrogen-bond acceptors (Lipinski definition) is 6. The van der Waals surface area contributed by atoms with Crippen molar-refractivity contribution in [3.05, 3.63) is 57.6 Å². The minimum absolute atomic E-state index is 0.183. The second-order valence-corrected chi connectivity index (χ2v) is 5.63. The highest BCUT2D eigenvalue weighted by Crippen LogP contribution is 2.28. The molecular formula is C18H20N2O6. The highest BCUT2D eigenvalue weighted by molar-refractivity contribution is 5.94. The number of amides is 1. The number of ether oxygens (including phenoxy) is 2. The molecule has 2 aromatic rings. The van der Waals surface area contributed by atoms with Gasteiger partial charge in [0.2, 0.25) is 0 Å². The maximum absolute atomic E-state index is 12.4. The van der Waals surface area contributed by atoms with Gasteiger partial charge in [0.15, 0.2) is 17.2 Å². The molecule has 0 unspecified atom stereocenters. The molecule has 1 N–H and O–H groups in total. The number of methoxy groups -OCH3 is 2. The molecule has 0 aliphatic rings. The fourth-order valence-electron chi connectivity index (χ4n) is 2.47. The molecule has 0 aliphatic carbocycles. The first-order chi connectivity index (χ1) is 12.4. The monoisotopic (exact) mass is 360 g/mol. The van der Waals surface area contributed by atoms with Crippen LogP contribution >= 0.6 is 0 Å². The van der Waals surface area contributed by atoms with E-state index < -0.39 is 16.4 Å². The number of carbonyl (C=O) groups is 1. The highest BCUT2D eigenvalue weighted by Gasteiger charge is 2.18. The summed E-state index contributed by atoms with van der Waals surface area (Å²) in [5.74, 6) is 0.367. The molecule has 0 spiro atoms. The fourth-order valence-corrected chi connectivity index (χ4v) is 2.47. The van der Waals surface area contributed by atoms with Gasteiger partial charge in [-0.25, -0.2) is 0 Å². The van der Waals surface area contributed by atoms with E-state index in [-0.39, 0.29) is 11.5 Å². The van der Waals surface area contributed by atoms with Gasteiger partial charge in [0, 0.05) is 25.2 Å². The number of nitro groups is 1. The molecule has 0 aliphatic heterocycles. The fraction of sp³-hybridized carbons (Fsp3) is 0.278. The number of carbonyl (C=O) groups excluding carboxylic acids is 1. The maximum Gasteiger partial charge on any atom is 0.310 e. The normalized spacial score (nSPS) is 10.3. The molecule has 0 atom stereocenters. The van der Waals surface area contributed by atoms with Crippen molar-refractivity contribution in [3.63, 3.8) is 0 Å². The summed E-state index contributed by atoms with van der Waals surface area (Å²) < 4.78 is 10.4. The van der Waals surface area contributed by atoms with Gasteiger partial charge in [0.25, 0.3) is 5.91 Å². The van der Waals surface area contributed by atoms with E-state index >= 15 is 0 Å². The smallest absolute Gasteiger partial charge is 0.310 e. The van der Waals surface area contributed by atoms with Crippen molar-refractivity contribution in [2.75, 3.05) is 27.8 Å². The molecule has 8 nitrogen and oxygen atoms in total. The lowest BCUT2D eigenvalue weighted by atomic mass is 10.1. The number of nitrogens with zero attached hydrogens (tertiary/aromatic N) is 2. The Hall–Kier alpha value is -3.29. The number of likely N-dealkylation sites (N-methyl/N-ethyl adjacent to an activating group) is 1. The molecule has 138 valence electrons. The van der Waals surface area contributed by atoms with E-state index in [2.05, 4.69) is 0 Å². The summed E-state index contributed by atoms with van der Waals surface area (Å²) in [6, 6.07) is 9.07. The molecule has 26 heavy (non-hydrogen) atoms. The molecule has 0 saturated carbocycles. The maximum atomic E-state index is 12.4. The molecule has 0 fully saturated rings. The van der Waals surface area contributed by atoms with Crippen LogP contribution in [0.15, 0.2) is 36.4 Å². The largest absolute Gasteiger partial charge is 0.502 e. The molecule has 2 aromatic carbocycles. The van der Waals surface area contributed by atoms with Crippen LogP contribution in [0.25, 0.3) is 0 Å². The van der Waals surface area contributed by atoms with Gasteiger partial charge in [-0.15, -0.1) is 0 Å².